The lowest BCUT2D eigenvalue weighted by atomic mass is 9.62. The number of fused-ring (bicyclic) bond motifs is 3. The number of nitrogens with zero attached hydrogens (tertiary/aromatic N) is 3. The van der Waals surface area contributed by atoms with E-state index in [1.165, 1.54) is 33.4 Å². The number of hydrogen-bond acceptors (Lipinski definition) is 3. The second-order valence-electron chi connectivity index (χ2n) is 12.8. The standard InChI is InChI=1S/C46H33N3/c1-5-14-32(15-6-1)43-30-44(49-45(48-43)33-16-7-2-8-17-33)36-19-13-18-34(28-36)35-24-25-39-40-31-47-27-26-41(40)46(42(39)29-35,37-20-9-3-10-21-37)38-22-11-4-12-23-38/h1-22,24-31,38H,23H2. The van der Waals surface area contributed by atoms with Gasteiger partial charge in [-0.05, 0) is 70.0 Å². The van der Waals surface area contributed by atoms with Crippen LogP contribution in [0.2, 0.25) is 0 Å². The molecule has 5 aromatic carbocycles. The Morgan fingerprint density at radius 3 is 1.94 bits per heavy atom. The van der Waals surface area contributed by atoms with Crippen LogP contribution in [0.25, 0.3) is 56.2 Å². The lowest BCUT2D eigenvalue weighted by Crippen LogP contribution is -2.35. The molecule has 9 rings (SSSR count). The molecule has 49 heavy (non-hydrogen) atoms. The van der Waals surface area contributed by atoms with Crippen LogP contribution in [-0.4, -0.2) is 15.0 Å². The summed E-state index contributed by atoms with van der Waals surface area (Å²) in [6.45, 7) is 0. The summed E-state index contributed by atoms with van der Waals surface area (Å²) in [6, 6.07) is 51.7. The fourth-order valence-electron chi connectivity index (χ4n) is 7.84. The zero-order valence-electron chi connectivity index (χ0n) is 26.9. The first-order valence-corrected chi connectivity index (χ1v) is 16.9. The third-order valence-corrected chi connectivity index (χ3v) is 10.1. The predicted octanol–water partition coefficient (Wildman–Crippen LogP) is 11.0. The number of allylic oxidation sites excluding steroid dienone is 4. The molecule has 0 N–H and O–H groups in total. The van der Waals surface area contributed by atoms with E-state index in [1.54, 1.807) is 0 Å². The Balaban J connectivity index is 1.21. The van der Waals surface area contributed by atoms with E-state index in [4.69, 9.17) is 9.97 Å². The maximum absolute atomic E-state index is 5.11. The first-order valence-electron chi connectivity index (χ1n) is 16.9. The summed E-state index contributed by atoms with van der Waals surface area (Å²) >= 11 is 0. The average molecular weight is 628 g/mol. The first kappa shape index (κ1) is 29.0. The number of pyridine rings is 1. The van der Waals surface area contributed by atoms with Gasteiger partial charge in [0.1, 0.15) is 0 Å². The molecule has 2 aliphatic carbocycles. The van der Waals surface area contributed by atoms with Gasteiger partial charge in [0.15, 0.2) is 5.82 Å². The summed E-state index contributed by atoms with van der Waals surface area (Å²) in [5, 5.41) is 0. The molecule has 0 saturated carbocycles. The highest BCUT2D eigenvalue weighted by Gasteiger charge is 2.49. The van der Waals surface area contributed by atoms with Crippen LogP contribution in [0, 0.1) is 5.92 Å². The summed E-state index contributed by atoms with van der Waals surface area (Å²) in [7, 11) is 0. The molecule has 3 heteroatoms. The van der Waals surface area contributed by atoms with E-state index in [-0.39, 0.29) is 11.3 Å². The van der Waals surface area contributed by atoms with Crippen LogP contribution in [-0.2, 0) is 5.41 Å². The molecular weight excluding hydrogens is 595 g/mol. The molecule has 2 heterocycles. The first-order chi connectivity index (χ1) is 24.3. The van der Waals surface area contributed by atoms with Crippen LogP contribution in [0.3, 0.4) is 0 Å². The summed E-state index contributed by atoms with van der Waals surface area (Å²) in [5.41, 5.74) is 13.3. The van der Waals surface area contributed by atoms with Crippen molar-refractivity contribution in [2.45, 2.75) is 11.8 Å². The predicted molar refractivity (Wildman–Crippen MR) is 200 cm³/mol. The zero-order valence-corrected chi connectivity index (χ0v) is 26.9. The van der Waals surface area contributed by atoms with Gasteiger partial charge in [0.2, 0.25) is 0 Å². The minimum Gasteiger partial charge on any atom is -0.264 e. The van der Waals surface area contributed by atoms with Crippen molar-refractivity contribution in [1.82, 2.24) is 15.0 Å². The van der Waals surface area contributed by atoms with Crippen LogP contribution in [0.4, 0.5) is 0 Å². The SMILES string of the molecule is C1=CCC(C2(c3ccccc3)c3ccncc3-c3ccc(-c4cccc(-c5cc(-c6ccccc6)nc(-c6ccccc6)n5)c4)cc32)C=C1. The van der Waals surface area contributed by atoms with Crippen molar-refractivity contribution >= 4 is 0 Å². The van der Waals surface area contributed by atoms with Gasteiger partial charge in [-0.2, -0.15) is 0 Å². The molecule has 0 amide bonds. The second kappa shape index (κ2) is 12.1. The Kier molecular flexibility index (Phi) is 7.17. The van der Waals surface area contributed by atoms with E-state index in [0.29, 0.717) is 5.82 Å². The van der Waals surface area contributed by atoms with Crippen LogP contribution in [0.15, 0.2) is 182 Å². The minimum absolute atomic E-state index is 0.262. The summed E-state index contributed by atoms with van der Waals surface area (Å²) in [6.07, 6.45) is 14.0. The number of aromatic nitrogens is 3. The van der Waals surface area contributed by atoms with Crippen LogP contribution in [0.1, 0.15) is 23.1 Å². The third-order valence-electron chi connectivity index (χ3n) is 10.1. The summed E-state index contributed by atoms with van der Waals surface area (Å²) in [4.78, 5) is 14.7. The molecule has 0 saturated heterocycles. The molecule has 0 spiro atoms. The van der Waals surface area contributed by atoms with Crippen molar-refractivity contribution in [3.05, 3.63) is 199 Å². The lowest BCUT2D eigenvalue weighted by molar-refractivity contribution is 0.457. The monoisotopic (exact) mass is 627 g/mol. The molecule has 232 valence electrons. The van der Waals surface area contributed by atoms with Crippen molar-refractivity contribution < 1.29 is 0 Å². The van der Waals surface area contributed by atoms with Gasteiger partial charge in [0, 0.05) is 34.6 Å². The molecule has 7 aromatic rings. The molecule has 0 aliphatic heterocycles. The van der Waals surface area contributed by atoms with E-state index in [9.17, 15) is 0 Å². The molecule has 3 nitrogen and oxygen atoms in total. The molecule has 2 unspecified atom stereocenters. The van der Waals surface area contributed by atoms with Gasteiger partial charge in [-0.15, -0.1) is 0 Å². The van der Waals surface area contributed by atoms with Crippen molar-refractivity contribution in [3.63, 3.8) is 0 Å². The van der Waals surface area contributed by atoms with E-state index in [1.807, 2.05) is 36.7 Å². The topological polar surface area (TPSA) is 38.7 Å². The Labute approximate surface area is 287 Å². The van der Waals surface area contributed by atoms with Gasteiger partial charge in [-0.25, -0.2) is 9.97 Å². The smallest absolute Gasteiger partial charge is 0.160 e. The van der Waals surface area contributed by atoms with E-state index in [0.717, 1.165) is 40.1 Å². The highest BCUT2D eigenvalue weighted by Crippen LogP contribution is 2.58. The fraction of sp³-hybridized carbons (Fsp3) is 0.0652. The minimum atomic E-state index is -0.342. The molecule has 0 bridgehead atoms. The lowest BCUT2D eigenvalue weighted by Gasteiger charge is -2.39. The summed E-state index contributed by atoms with van der Waals surface area (Å²) in [5.74, 6) is 0.978. The van der Waals surface area contributed by atoms with Crippen LogP contribution in [0.5, 0.6) is 0 Å². The Hall–Kier alpha value is -6.19. The van der Waals surface area contributed by atoms with Crippen molar-refractivity contribution in [2.24, 2.45) is 5.92 Å². The third kappa shape index (κ3) is 4.94. The van der Waals surface area contributed by atoms with Crippen LogP contribution < -0.4 is 0 Å². The van der Waals surface area contributed by atoms with Gasteiger partial charge in [0.25, 0.3) is 0 Å². The quantitative estimate of drug-likeness (QED) is 0.184. The Bertz CT molecular complexity index is 2300. The molecule has 0 radical (unpaired) electrons. The number of benzene rings is 5. The average Bonchev–Trinajstić information content (AvgIpc) is 3.49. The summed E-state index contributed by atoms with van der Waals surface area (Å²) < 4.78 is 0. The molecular formula is C46H33N3. The van der Waals surface area contributed by atoms with E-state index >= 15 is 0 Å². The number of hydrogen-bond donors (Lipinski definition) is 0. The Morgan fingerprint density at radius 1 is 0.510 bits per heavy atom. The van der Waals surface area contributed by atoms with Crippen LogP contribution >= 0.6 is 0 Å². The number of rotatable bonds is 6. The van der Waals surface area contributed by atoms with Gasteiger partial charge in [-0.1, -0.05) is 146 Å². The molecule has 2 atom stereocenters. The normalized spacial score (nSPS) is 17.4. The van der Waals surface area contributed by atoms with Gasteiger partial charge < -0.3 is 0 Å². The fourth-order valence-corrected chi connectivity index (χ4v) is 7.84. The van der Waals surface area contributed by atoms with Crippen molar-refractivity contribution in [1.29, 1.82) is 0 Å². The zero-order chi connectivity index (χ0) is 32.6. The van der Waals surface area contributed by atoms with E-state index in [2.05, 4.69) is 151 Å². The maximum atomic E-state index is 5.11. The molecule has 2 aliphatic rings. The molecule has 0 fully saturated rings. The highest BCUT2D eigenvalue weighted by atomic mass is 14.9. The second-order valence-corrected chi connectivity index (χ2v) is 12.8. The maximum Gasteiger partial charge on any atom is 0.160 e. The van der Waals surface area contributed by atoms with Gasteiger partial charge in [0.05, 0.1) is 16.8 Å². The van der Waals surface area contributed by atoms with E-state index < -0.39 is 0 Å². The van der Waals surface area contributed by atoms with Gasteiger partial charge >= 0.3 is 0 Å². The van der Waals surface area contributed by atoms with Crippen molar-refractivity contribution in [2.75, 3.05) is 0 Å². The molecule has 2 aromatic heterocycles. The largest absolute Gasteiger partial charge is 0.264 e. The Morgan fingerprint density at radius 2 is 1.18 bits per heavy atom. The van der Waals surface area contributed by atoms with Crippen molar-refractivity contribution in [3.8, 4) is 56.2 Å². The highest BCUT2D eigenvalue weighted by molar-refractivity contribution is 5.86. The van der Waals surface area contributed by atoms with Gasteiger partial charge in [-0.3, -0.25) is 4.98 Å².